The second kappa shape index (κ2) is 8.16. The van der Waals surface area contributed by atoms with Crippen LogP contribution in [0.4, 0.5) is 5.95 Å². The molecule has 4 rings (SSSR count). The van der Waals surface area contributed by atoms with E-state index in [1.165, 1.54) is 16.7 Å². The van der Waals surface area contributed by atoms with Crippen LogP contribution in [0.15, 0.2) is 60.8 Å². The molecule has 5 heteroatoms. The maximum Gasteiger partial charge on any atom is 0.258 e. The predicted octanol–water partition coefficient (Wildman–Crippen LogP) is 4.80. The monoisotopic (exact) mass is 398 g/mol. The molecule has 3 aromatic rings. The van der Waals surface area contributed by atoms with Crippen LogP contribution in [0.2, 0.25) is 0 Å². The number of hydrogen-bond acceptors (Lipinski definition) is 4. The summed E-state index contributed by atoms with van der Waals surface area (Å²) in [5, 5.41) is 0. The standard InChI is InChI=1S/C25H26N4O/c1-18-5-7-19(8-6-18)25(2,3)20-9-11-23(12-10-20)30-17-21-13-14-27-24(28-21)29-15-22(16-29)26-4/h5-14,22H,15-17H2,1-3H3. The molecule has 0 saturated carbocycles. The molecular formula is C25H26N4O. The van der Waals surface area contributed by atoms with Gasteiger partial charge in [-0.15, -0.1) is 0 Å². The molecule has 0 aliphatic carbocycles. The highest BCUT2D eigenvalue weighted by Gasteiger charge is 2.33. The van der Waals surface area contributed by atoms with E-state index in [0.717, 1.165) is 11.4 Å². The Morgan fingerprint density at radius 2 is 1.67 bits per heavy atom. The van der Waals surface area contributed by atoms with Crippen LogP contribution in [0, 0.1) is 13.5 Å². The fourth-order valence-electron chi connectivity index (χ4n) is 3.58. The van der Waals surface area contributed by atoms with Crippen LogP contribution < -0.4 is 9.64 Å². The van der Waals surface area contributed by atoms with Crippen molar-refractivity contribution >= 4 is 5.95 Å². The minimum absolute atomic E-state index is 0.0659. The summed E-state index contributed by atoms with van der Waals surface area (Å²) >= 11 is 0. The molecule has 1 fully saturated rings. The predicted molar refractivity (Wildman–Crippen MR) is 119 cm³/mol. The summed E-state index contributed by atoms with van der Waals surface area (Å²) in [7, 11) is 0. The molecule has 1 aliphatic heterocycles. The Morgan fingerprint density at radius 1 is 1.03 bits per heavy atom. The first-order valence-corrected chi connectivity index (χ1v) is 10.2. The van der Waals surface area contributed by atoms with Crippen molar-refractivity contribution in [1.29, 1.82) is 0 Å². The second-order valence-corrected chi connectivity index (χ2v) is 8.34. The van der Waals surface area contributed by atoms with Gasteiger partial charge in [0.15, 0.2) is 0 Å². The molecule has 1 aromatic heterocycles. The van der Waals surface area contributed by atoms with E-state index in [0.29, 0.717) is 25.6 Å². The van der Waals surface area contributed by atoms with E-state index in [4.69, 9.17) is 11.3 Å². The maximum atomic E-state index is 7.06. The van der Waals surface area contributed by atoms with Gasteiger partial charge in [0.05, 0.1) is 18.8 Å². The third-order valence-electron chi connectivity index (χ3n) is 5.76. The minimum atomic E-state index is -0.0752. The van der Waals surface area contributed by atoms with Gasteiger partial charge in [0.1, 0.15) is 12.4 Å². The third kappa shape index (κ3) is 4.13. The number of hydrogen-bond donors (Lipinski definition) is 0. The highest BCUT2D eigenvalue weighted by atomic mass is 16.5. The zero-order valence-electron chi connectivity index (χ0n) is 17.7. The van der Waals surface area contributed by atoms with E-state index in [1.54, 1.807) is 6.20 Å². The lowest BCUT2D eigenvalue weighted by molar-refractivity contribution is 0.301. The summed E-state index contributed by atoms with van der Waals surface area (Å²) in [5.74, 6) is 1.49. The van der Waals surface area contributed by atoms with Gasteiger partial charge < -0.3 is 14.5 Å². The quantitative estimate of drug-likeness (QED) is 0.560. The van der Waals surface area contributed by atoms with Gasteiger partial charge in [0.25, 0.3) is 6.04 Å². The Balaban J connectivity index is 1.40. The first-order chi connectivity index (χ1) is 14.5. The molecule has 2 aromatic carbocycles. The molecule has 0 spiro atoms. The van der Waals surface area contributed by atoms with Gasteiger partial charge in [0, 0.05) is 11.6 Å². The minimum Gasteiger partial charge on any atom is -0.487 e. The number of anilines is 1. The molecule has 2 heterocycles. The van der Waals surface area contributed by atoms with Gasteiger partial charge in [-0.25, -0.2) is 16.5 Å². The molecule has 0 N–H and O–H groups in total. The molecular weight excluding hydrogens is 372 g/mol. The molecule has 0 radical (unpaired) electrons. The molecule has 0 amide bonds. The molecule has 1 aliphatic rings. The Kier molecular flexibility index (Phi) is 5.41. The van der Waals surface area contributed by atoms with Crippen molar-refractivity contribution in [2.75, 3.05) is 18.0 Å². The zero-order chi connectivity index (χ0) is 21.1. The number of ether oxygens (including phenoxy) is 1. The number of nitrogens with zero attached hydrogens (tertiary/aromatic N) is 4. The van der Waals surface area contributed by atoms with E-state index in [1.807, 2.05) is 23.1 Å². The van der Waals surface area contributed by atoms with E-state index < -0.39 is 0 Å². The molecule has 0 atom stereocenters. The lowest BCUT2D eigenvalue weighted by atomic mass is 9.78. The summed E-state index contributed by atoms with van der Waals surface area (Å²) in [6.45, 7) is 15.4. The van der Waals surface area contributed by atoms with Crippen molar-refractivity contribution in [3.05, 3.63) is 94.6 Å². The summed E-state index contributed by atoms with van der Waals surface area (Å²) in [6, 6.07) is 18.9. The fraction of sp³-hybridized carbons (Fsp3) is 0.320. The number of rotatable bonds is 6. The van der Waals surface area contributed by atoms with Gasteiger partial charge in [-0.2, -0.15) is 0 Å². The average molecular weight is 399 g/mol. The fourth-order valence-corrected chi connectivity index (χ4v) is 3.58. The SMILES string of the molecule is [C-]#[N+]C1CN(c2nccc(COc3ccc(C(C)(C)c4ccc(C)cc4)cc3)n2)C1. The van der Waals surface area contributed by atoms with Crippen LogP contribution in [-0.2, 0) is 12.0 Å². The molecule has 0 bridgehead atoms. The second-order valence-electron chi connectivity index (χ2n) is 8.34. The van der Waals surface area contributed by atoms with Gasteiger partial charge in [-0.3, -0.25) is 0 Å². The first-order valence-electron chi connectivity index (χ1n) is 10.2. The van der Waals surface area contributed by atoms with Crippen LogP contribution in [0.25, 0.3) is 4.85 Å². The Morgan fingerprint density at radius 3 is 2.30 bits per heavy atom. The maximum absolute atomic E-state index is 7.06. The van der Waals surface area contributed by atoms with Gasteiger partial charge >= 0.3 is 0 Å². The van der Waals surface area contributed by atoms with Crippen LogP contribution in [0.5, 0.6) is 5.75 Å². The van der Waals surface area contributed by atoms with E-state index in [2.05, 4.69) is 72.0 Å². The van der Waals surface area contributed by atoms with Crippen LogP contribution in [0.1, 0.15) is 36.2 Å². The summed E-state index contributed by atoms with van der Waals surface area (Å²) in [5.41, 5.74) is 4.56. The summed E-state index contributed by atoms with van der Waals surface area (Å²) in [6.07, 6.45) is 1.75. The van der Waals surface area contributed by atoms with Crippen molar-refractivity contribution in [3.8, 4) is 5.75 Å². The molecule has 5 nitrogen and oxygen atoms in total. The van der Waals surface area contributed by atoms with Gasteiger partial charge in [-0.05, 0) is 36.2 Å². The lowest BCUT2D eigenvalue weighted by Crippen LogP contribution is -2.50. The highest BCUT2D eigenvalue weighted by Crippen LogP contribution is 2.32. The van der Waals surface area contributed by atoms with Crippen molar-refractivity contribution in [2.45, 2.75) is 38.8 Å². The van der Waals surface area contributed by atoms with E-state index >= 15 is 0 Å². The van der Waals surface area contributed by atoms with Crippen molar-refractivity contribution in [2.24, 2.45) is 0 Å². The molecule has 152 valence electrons. The highest BCUT2D eigenvalue weighted by molar-refractivity contribution is 5.41. The Hall–Kier alpha value is -3.39. The summed E-state index contributed by atoms with van der Waals surface area (Å²) in [4.78, 5) is 14.4. The molecule has 0 unspecified atom stereocenters. The van der Waals surface area contributed by atoms with Crippen molar-refractivity contribution in [1.82, 2.24) is 9.97 Å². The van der Waals surface area contributed by atoms with Gasteiger partial charge in [0.2, 0.25) is 5.95 Å². The van der Waals surface area contributed by atoms with Crippen LogP contribution in [-0.4, -0.2) is 29.1 Å². The third-order valence-corrected chi connectivity index (χ3v) is 5.76. The largest absolute Gasteiger partial charge is 0.487 e. The zero-order valence-corrected chi connectivity index (χ0v) is 17.7. The first kappa shape index (κ1) is 19.9. The molecule has 30 heavy (non-hydrogen) atoms. The topological polar surface area (TPSA) is 42.6 Å². The Labute approximate surface area is 178 Å². The normalized spacial score (nSPS) is 14.1. The molecule has 1 saturated heterocycles. The van der Waals surface area contributed by atoms with Gasteiger partial charge in [-0.1, -0.05) is 55.8 Å². The summed E-state index contributed by atoms with van der Waals surface area (Å²) < 4.78 is 5.95. The van der Waals surface area contributed by atoms with Crippen LogP contribution in [0.3, 0.4) is 0 Å². The van der Waals surface area contributed by atoms with Crippen molar-refractivity contribution < 1.29 is 4.74 Å². The van der Waals surface area contributed by atoms with Crippen LogP contribution >= 0.6 is 0 Å². The van der Waals surface area contributed by atoms with Crippen molar-refractivity contribution in [3.63, 3.8) is 0 Å². The van der Waals surface area contributed by atoms with E-state index in [-0.39, 0.29) is 11.5 Å². The average Bonchev–Trinajstić information content (AvgIpc) is 2.72. The Bertz CT molecular complexity index is 1050. The van der Waals surface area contributed by atoms with E-state index in [9.17, 15) is 0 Å². The smallest absolute Gasteiger partial charge is 0.258 e. The number of aryl methyl sites for hydroxylation is 1. The number of benzene rings is 2. The number of aromatic nitrogens is 2. The lowest BCUT2D eigenvalue weighted by Gasteiger charge is -2.31.